The summed E-state index contributed by atoms with van der Waals surface area (Å²) in [6.07, 6.45) is 2.57. The molecule has 1 fully saturated rings. The van der Waals surface area contributed by atoms with Crippen LogP contribution in [0.1, 0.15) is 39.8 Å². The number of methoxy groups -OCH3 is 1. The Morgan fingerprint density at radius 2 is 2.12 bits per heavy atom. The van der Waals surface area contributed by atoms with Crippen LogP contribution in [0.2, 0.25) is 0 Å². The van der Waals surface area contributed by atoms with Crippen LogP contribution in [0.4, 0.5) is 0 Å². The van der Waals surface area contributed by atoms with E-state index in [-0.39, 0.29) is 11.9 Å². The Balaban J connectivity index is 1.67. The summed E-state index contributed by atoms with van der Waals surface area (Å²) < 4.78 is 7.02. The molecule has 0 bridgehead atoms. The highest BCUT2D eigenvalue weighted by atomic mass is 16.5. The summed E-state index contributed by atoms with van der Waals surface area (Å²) in [6, 6.07) is 9.93. The number of rotatable bonds is 3. The van der Waals surface area contributed by atoms with E-state index in [0.717, 1.165) is 35.7 Å². The maximum absolute atomic E-state index is 13.1. The number of benzene rings is 1. The molecule has 128 valence electrons. The molecule has 6 nitrogen and oxygen atoms in total. The molecular weight excluding hydrogens is 316 g/mol. The summed E-state index contributed by atoms with van der Waals surface area (Å²) in [6.45, 7) is 4.63. The third-order valence-electron chi connectivity index (χ3n) is 4.77. The van der Waals surface area contributed by atoms with E-state index in [4.69, 9.17) is 4.74 Å². The fraction of sp³-hybridized carbons (Fsp3) is 0.316. The Kier molecular flexibility index (Phi) is 3.67. The van der Waals surface area contributed by atoms with Gasteiger partial charge in [0.25, 0.3) is 5.91 Å². The van der Waals surface area contributed by atoms with E-state index in [1.165, 1.54) is 0 Å². The molecule has 6 heteroatoms. The molecule has 0 aliphatic carbocycles. The van der Waals surface area contributed by atoms with Crippen LogP contribution in [0.15, 0.2) is 36.5 Å². The second-order valence-electron chi connectivity index (χ2n) is 6.41. The lowest BCUT2D eigenvalue weighted by Crippen LogP contribution is -2.45. The molecular formula is C19H20N4O2. The minimum atomic E-state index is -0.0217. The Bertz CT molecular complexity index is 963. The lowest BCUT2D eigenvalue weighted by molar-refractivity contribution is 0.0461. The highest BCUT2D eigenvalue weighted by Gasteiger charge is 2.35. The minimum Gasteiger partial charge on any atom is -0.497 e. The lowest BCUT2D eigenvalue weighted by atomic mass is 9.94. The molecule has 3 heterocycles. The summed E-state index contributed by atoms with van der Waals surface area (Å²) in [5, 5.41) is 4.33. The van der Waals surface area contributed by atoms with Gasteiger partial charge in [0.15, 0.2) is 5.65 Å². The predicted molar refractivity (Wildman–Crippen MR) is 93.8 cm³/mol. The van der Waals surface area contributed by atoms with Crippen molar-refractivity contribution < 1.29 is 9.53 Å². The summed E-state index contributed by atoms with van der Waals surface area (Å²) in [4.78, 5) is 19.5. The van der Waals surface area contributed by atoms with Gasteiger partial charge < -0.3 is 9.64 Å². The van der Waals surface area contributed by atoms with Gasteiger partial charge in [-0.05, 0) is 44.0 Å². The fourth-order valence-corrected chi connectivity index (χ4v) is 3.40. The van der Waals surface area contributed by atoms with Gasteiger partial charge in [-0.2, -0.15) is 5.10 Å². The number of likely N-dealkylation sites (tertiary alicyclic amines) is 1. The molecule has 0 saturated carbocycles. The molecule has 1 aliphatic rings. The van der Waals surface area contributed by atoms with Gasteiger partial charge >= 0.3 is 0 Å². The molecule has 3 aromatic rings. The number of nitrogens with zero attached hydrogens (tertiary/aromatic N) is 4. The molecule has 0 radical (unpaired) electrons. The number of aromatic nitrogens is 3. The van der Waals surface area contributed by atoms with E-state index in [2.05, 4.69) is 10.1 Å². The number of aryl methyl sites for hydroxylation is 2. The fourth-order valence-electron chi connectivity index (χ4n) is 3.40. The molecule has 1 saturated heterocycles. The number of hydrogen-bond acceptors (Lipinski definition) is 4. The molecule has 1 aromatic carbocycles. The molecule has 2 aromatic heterocycles. The molecule has 1 atom stereocenters. The van der Waals surface area contributed by atoms with Crippen molar-refractivity contribution in [2.75, 3.05) is 13.7 Å². The lowest BCUT2D eigenvalue weighted by Gasteiger charge is -2.41. The molecule has 4 rings (SSSR count). The average Bonchev–Trinajstić information content (AvgIpc) is 2.98. The maximum atomic E-state index is 13.1. The van der Waals surface area contributed by atoms with Crippen LogP contribution in [0.3, 0.4) is 0 Å². The van der Waals surface area contributed by atoms with Crippen molar-refractivity contribution in [1.82, 2.24) is 19.5 Å². The minimum absolute atomic E-state index is 0.0217. The van der Waals surface area contributed by atoms with Crippen molar-refractivity contribution >= 4 is 11.6 Å². The van der Waals surface area contributed by atoms with Crippen LogP contribution in [-0.4, -0.2) is 39.1 Å². The van der Waals surface area contributed by atoms with E-state index in [1.54, 1.807) is 17.8 Å². The zero-order valence-electron chi connectivity index (χ0n) is 14.6. The number of amides is 1. The zero-order chi connectivity index (χ0) is 17.6. The van der Waals surface area contributed by atoms with Gasteiger partial charge in [-0.1, -0.05) is 12.1 Å². The first-order valence-electron chi connectivity index (χ1n) is 8.35. The molecule has 25 heavy (non-hydrogen) atoms. The monoisotopic (exact) mass is 336 g/mol. The number of hydrogen-bond donors (Lipinski definition) is 0. The molecule has 0 unspecified atom stereocenters. The first-order chi connectivity index (χ1) is 12.1. The highest BCUT2D eigenvalue weighted by molar-refractivity contribution is 6.00. The Morgan fingerprint density at radius 1 is 1.28 bits per heavy atom. The highest BCUT2D eigenvalue weighted by Crippen LogP contribution is 2.36. The first kappa shape index (κ1) is 15.6. The van der Waals surface area contributed by atoms with Crippen molar-refractivity contribution in [2.45, 2.75) is 26.3 Å². The summed E-state index contributed by atoms with van der Waals surface area (Å²) >= 11 is 0. The Labute approximate surface area is 146 Å². The van der Waals surface area contributed by atoms with E-state index >= 15 is 0 Å². The quantitative estimate of drug-likeness (QED) is 0.738. The average molecular weight is 336 g/mol. The normalized spacial score (nSPS) is 16.8. The SMILES string of the molecule is COc1cccc([C@H]2CCN2C(=O)c2cnn3c(C)cc(C)nc23)c1. The zero-order valence-corrected chi connectivity index (χ0v) is 14.6. The largest absolute Gasteiger partial charge is 0.497 e. The van der Waals surface area contributed by atoms with E-state index < -0.39 is 0 Å². The first-order valence-corrected chi connectivity index (χ1v) is 8.35. The second-order valence-corrected chi connectivity index (χ2v) is 6.41. The number of carbonyl (C=O) groups is 1. The van der Waals surface area contributed by atoms with Crippen LogP contribution in [0, 0.1) is 13.8 Å². The Hall–Kier alpha value is -2.89. The van der Waals surface area contributed by atoms with E-state index in [1.807, 2.05) is 49.1 Å². The summed E-state index contributed by atoms with van der Waals surface area (Å²) in [5.74, 6) is 0.785. The topological polar surface area (TPSA) is 59.7 Å². The van der Waals surface area contributed by atoms with Crippen molar-refractivity contribution in [3.05, 3.63) is 59.0 Å². The van der Waals surface area contributed by atoms with Gasteiger partial charge in [0, 0.05) is 17.9 Å². The van der Waals surface area contributed by atoms with E-state index in [9.17, 15) is 4.79 Å². The van der Waals surface area contributed by atoms with Gasteiger partial charge in [-0.3, -0.25) is 4.79 Å². The van der Waals surface area contributed by atoms with Crippen LogP contribution in [-0.2, 0) is 0 Å². The summed E-state index contributed by atoms with van der Waals surface area (Å²) in [7, 11) is 1.65. The van der Waals surface area contributed by atoms with E-state index in [0.29, 0.717) is 11.2 Å². The third-order valence-corrected chi connectivity index (χ3v) is 4.77. The molecule has 0 spiro atoms. The van der Waals surface area contributed by atoms with Crippen LogP contribution in [0.25, 0.3) is 5.65 Å². The van der Waals surface area contributed by atoms with Gasteiger partial charge in [0.2, 0.25) is 0 Å². The number of fused-ring (bicyclic) bond motifs is 1. The smallest absolute Gasteiger partial charge is 0.259 e. The van der Waals surface area contributed by atoms with Crippen LogP contribution in [0.5, 0.6) is 5.75 Å². The van der Waals surface area contributed by atoms with Crippen LogP contribution < -0.4 is 4.74 Å². The van der Waals surface area contributed by atoms with Gasteiger partial charge in [0.1, 0.15) is 11.3 Å². The van der Waals surface area contributed by atoms with Gasteiger partial charge in [-0.25, -0.2) is 9.50 Å². The third kappa shape index (κ3) is 2.54. The van der Waals surface area contributed by atoms with Gasteiger partial charge in [0.05, 0.1) is 19.3 Å². The van der Waals surface area contributed by atoms with Crippen molar-refractivity contribution in [3.8, 4) is 5.75 Å². The van der Waals surface area contributed by atoms with Gasteiger partial charge in [-0.15, -0.1) is 0 Å². The maximum Gasteiger partial charge on any atom is 0.259 e. The number of carbonyl (C=O) groups excluding carboxylic acids is 1. The standard InChI is InChI=1S/C19H20N4O2/c1-12-9-13(2)23-18(21-12)16(11-20-23)19(24)22-8-7-17(22)14-5-4-6-15(10-14)25-3/h4-6,9-11,17H,7-8H2,1-3H3/t17-/m1/s1. The molecule has 0 N–H and O–H groups in total. The van der Waals surface area contributed by atoms with Crippen molar-refractivity contribution in [1.29, 1.82) is 0 Å². The summed E-state index contributed by atoms with van der Waals surface area (Å²) in [5.41, 5.74) is 4.12. The number of ether oxygens (including phenoxy) is 1. The van der Waals surface area contributed by atoms with Crippen molar-refractivity contribution in [2.24, 2.45) is 0 Å². The molecule has 1 aliphatic heterocycles. The predicted octanol–water partition coefficient (Wildman–Crippen LogP) is 2.94. The Morgan fingerprint density at radius 3 is 2.84 bits per heavy atom. The second kappa shape index (κ2) is 5.88. The van der Waals surface area contributed by atoms with Crippen molar-refractivity contribution in [3.63, 3.8) is 0 Å². The van der Waals surface area contributed by atoms with Crippen LogP contribution >= 0.6 is 0 Å². The molecule has 1 amide bonds.